The number of benzene rings is 1. The van der Waals surface area contributed by atoms with Gasteiger partial charge in [0.1, 0.15) is 12.1 Å². The molecule has 2 N–H and O–H groups in total. The highest BCUT2D eigenvalue weighted by Gasteiger charge is 2.26. The predicted octanol–water partition coefficient (Wildman–Crippen LogP) is 2.50. The van der Waals surface area contributed by atoms with Gasteiger partial charge in [-0.05, 0) is 37.1 Å². The molecule has 1 fully saturated rings. The molecule has 1 aliphatic rings. The monoisotopic (exact) mass is 437 g/mol. The van der Waals surface area contributed by atoms with Gasteiger partial charge in [0.2, 0.25) is 0 Å². The first-order valence-corrected chi connectivity index (χ1v) is 10.0. The standard InChI is InChI=1S/C22H20FN5O4/c23-16-3-1-2-14(12-16)20(29)27-19-18(24-7-8-25-19)21(30)26-17-4-9-28(10-5-17)22(31)15-6-11-32-13-15/h1-3,6-8,11-13,17H,4-5,9-10H2,(H,26,30)(H,25,27,29). The molecule has 1 saturated heterocycles. The van der Waals surface area contributed by atoms with Gasteiger partial charge in [-0.2, -0.15) is 0 Å². The Morgan fingerprint density at radius 2 is 1.81 bits per heavy atom. The summed E-state index contributed by atoms with van der Waals surface area (Å²) < 4.78 is 18.3. The van der Waals surface area contributed by atoms with Crippen LogP contribution in [-0.2, 0) is 0 Å². The van der Waals surface area contributed by atoms with E-state index in [-0.39, 0.29) is 29.0 Å². The zero-order valence-corrected chi connectivity index (χ0v) is 17.0. The number of hydrogen-bond acceptors (Lipinski definition) is 6. The number of carbonyl (C=O) groups excluding carboxylic acids is 3. The van der Waals surface area contributed by atoms with Crippen LogP contribution in [0.5, 0.6) is 0 Å². The van der Waals surface area contributed by atoms with Crippen LogP contribution in [0.2, 0.25) is 0 Å². The molecule has 1 aromatic carbocycles. The van der Waals surface area contributed by atoms with Gasteiger partial charge >= 0.3 is 0 Å². The van der Waals surface area contributed by atoms with Crippen molar-refractivity contribution in [1.29, 1.82) is 0 Å². The Bertz CT molecular complexity index is 1130. The average molecular weight is 437 g/mol. The van der Waals surface area contributed by atoms with Crippen LogP contribution in [0.15, 0.2) is 59.7 Å². The minimum Gasteiger partial charge on any atom is -0.472 e. The minimum absolute atomic E-state index is 0.0215. The Labute approximate surface area is 182 Å². The van der Waals surface area contributed by atoms with Crippen molar-refractivity contribution in [3.63, 3.8) is 0 Å². The summed E-state index contributed by atoms with van der Waals surface area (Å²) >= 11 is 0. The fraction of sp³-hybridized carbons (Fsp3) is 0.227. The van der Waals surface area contributed by atoms with E-state index in [4.69, 9.17) is 4.42 Å². The van der Waals surface area contributed by atoms with Crippen LogP contribution in [0.3, 0.4) is 0 Å². The molecule has 3 amide bonds. The van der Waals surface area contributed by atoms with Gasteiger partial charge < -0.3 is 20.0 Å². The van der Waals surface area contributed by atoms with Gasteiger partial charge in [-0.1, -0.05) is 6.07 Å². The third kappa shape index (κ3) is 4.80. The molecule has 0 bridgehead atoms. The van der Waals surface area contributed by atoms with Crippen molar-refractivity contribution >= 4 is 23.5 Å². The predicted molar refractivity (Wildman–Crippen MR) is 111 cm³/mol. The zero-order valence-electron chi connectivity index (χ0n) is 17.0. The number of nitrogens with zero attached hydrogens (tertiary/aromatic N) is 3. The molecular formula is C22H20FN5O4. The number of rotatable bonds is 5. The van der Waals surface area contributed by atoms with Gasteiger partial charge in [0.15, 0.2) is 11.5 Å². The topological polar surface area (TPSA) is 117 Å². The first-order valence-electron chi connectivity index (χ1n) is 10.0. The van der Waals surface area contributed by atoms with E-state index in [1.165, 1.54) is 43.1 Å². The number of carbonyl (C=O) groups is 3. The molecule has 2 aromatic heterocycles. The highest BCUT2D eigenvalue weighted by molar-refractivity contribution is 6.07. The first-order chi connectivity index (χ1) is 15.5. The van der Waals surface area contributed by atoms with E-state index >= 15 is 0 Å². The molecule has 0 unspecified atom stereocenters. The summed E-state index contributed by atoms with van der Waals surface area (Å²) in [6.07, 6.45) is 6.69. The average Bonchev–Trinajstić information content (AvgIpc) is 3.34. The number of nitrogens with one attached hydrogen (secondary N) is 2. The molecule has 9 nitrogen and oxygen atoms in total. The molecule has 10 heteroatoms. The summed E-state index contributed by atoms with van der Waals surface area (Å²) in [7, 11) is 0. The van der Waals surface area contributed by atoms with E-state index in [0.29, 0.717) is 31.5 Å². The summed E-state index contributed by atoms with van der Waals surface area (Å²) in [5.74, 6) is -1.78. The third-order valence-corrected chi connectivity index (χ3v) is 5.12. The highest BCUT2D eigenvalue weighted by Crippen LogP contribution is 2.16. The highest BCUT2D eigenvalue weighted by atomic mass is 19.1. The second-order valence-electron chi connectivity index (χ2n) is 7.27. The van der Waals surface area contributed by atoms with E-state index in [1.54, 1.807) is 11.0 Å². The van der Waals surface area contributed by atoms with Crippen molar-refractivity contribution in [1.82, 2.24) is 20.2 Å². The SMILES string of the molecule is O=C(Nc1nccnc1C(=O)NC1CCN(C(=O)c2ccoc2)CC1)c1cccc(F)c1. The lowest BCUT2D eigenvalue weighted by molar-refractivity contribution is 0.0697. The lowest BCUT2D eigenvalue weighted by atomic mass is 10.0. The minimum atomic E-state index is -0.606. The van der Waals surface area contributed by atoms with Gasteiger partial charge in [-0.15, -0.1) is 0 Å². The van der Waals surface area contributed by atoms with Gasteiger partial charge in [0.05, 0.1) is 11.8 Å². The molecule has 0 atom stereocenters. The van der Waals surface area contributed by atoms with Crippen molar-refractivity contribution in [3.05, 3.63) is 77.9 Å². The van der Waals surface area contributed by atoms with E-state index in [2.05, 4.69) is 20.6 Å². The van der Waals surface area contributed by atoms with E-state index in [1.807, 2.05) is 0 Å². The van der Waals surface area contributed by atoms with E-state index < -0.39 is 17.6 Å². The molecule has 0 radical (unpaired) electrons. The molecule has 3 aromatic rings. The fourth-order valence-electron chi connectivity index (χ4n) is 3.45. The van der Waals surface area contributed by atoms with Gasteiger partial charge in [-0.25, -0.2) is 14.4 Å². The Morgan fingerprint density at radius 3 is 2.53 bits per heavy atom. The molecule has 0 aliphatic carbocycles. The number of amides is 3. The Morgan fingerprint density at radius 1 is 1.03 bits per heavy atom. The van der Waals surface area contributed by atoms with Crippen LogP contribution in [0, 0.1) is 5.82 Å². The quantitative estimate of drug-likeness (QED) is 0.633. The second kappa shape index (κ2) is 9.38. The van der Waals surface area contributed by atoms with Crippen LogP contribution in [0.25, 0.3) is 0 Å². The maximum atomic E-state index is 13.4. The van der Waals surface area contributed by atoms with Crippen LogP contribution in [0.4, 0.5) is 10.2 Å². The van der Waals surface area contributed by atoms with Crippen molar-refractivity contribution in [2.24, 2.45) is 0 Å². The van der Waals surface area contributed by atoms with E-state index in [9.17, 15) is 18.8 Å². The van der Waals surface area contributed by atoms with Gasteiger partial charge in [-0.3, -0.25) is 14.4 Å². The molecule has 1 aliphatic heterocycles. The number of furan rings is 1. The Hall–Kier alpha value is -4.08. The Kier molecular flexibility index (Phi) is 6.20. The molecular weight excluding hydrogens is 417 g/mol. The molecule has 164 valence electrons. The number of anilines is 1. The van der Waals surface area contributed by atoms with Crippen LogP contribution in [-0.4, -0.2) is 51.7 Å². The van der Waals surface area contributed by atoms with Crippen LogP contribution < -0.4 is 10.6 Å². The number of hydrogen-bond donors (Lipinski definition) is 2. The lowest BCUT2D eigenvalue weighted by Gasteiger charge is -2.32. The summed E-state index contributed by atoms with van der Waals surface area (Å²) in [5, 5.41) is 5.39. The second-order valence-corrected chi connectivity index (χ2v) is 7.27. The smallest absolute Gasteiger partial charge is 0.273 e. The summed E-state index contributed by atoms with van der Waals surface area (Å²) in [4.78, 5) is 47.4. The normalized spacial score (nSPS) is 14.1. The molecule has 0 spiro atoms. The maximum absolute atomic E-state index is 13.4. The molecule has 4 rings (SSSR count). The third-order valence-electron chi connectivity index (χ3n) is 5.12. The van der Waals surface area contributed by atoms with Crippen LogP contribution >= 0.6 is 0 Å². The number of halogens is 1. The van der Waals surface area contributed by atoms with Gasteiger partial charge in [0, 0.05) is 37.1 Å². The van der Waals surface area contributed by atoms with E-state index in [0.717, 1.165) is 6.07 Å². The van der Waals surface area contributed by atoms with Crippen molar-refractivity contribution < 1.29 is 23.2 Å². The largest absolute Gasteiger partial charge is 0.472 e. The summed E-state index contributed by atoms with van der Waals surface area (Å²) in [5.41, 5.74) is 0.538. The zero-order chi connectivity index (χ0) is 22.5. The lowest BCUT2D eigenvalue weighted by Crippen LogP contribution is -2.46. The van der Waals surface area contributed by atoms with Crippen molar-refractivity contribution in [3.8, 4) is 0 Å². The fourth-order valence-corrected chi connectivity index (χ4v) is 3.45. The van der Waals surface area contributed by atoms with Crippen molar-refractivity contribution in [2.75, 3.05) is 18.4 Å². The first kappa shape index (κ1) is 21.2. The number of piperidine rings is 1. The van der Waals surface area contributed by atoms with Crippen LogP contribution in [0.1, 0.15) is 44.0 Å². The maximum Gasteiger partial charge on any atom is 0.273 e. The Balaban J connectivity index is 1.37. The molecule has 32 heavy (non-hydrogen) atoms. The van der Waals surface area contributed by atoms with Crippen molar-refractivity contribution in [2.45, 2.75) is 18.9 Å². The summed E-state index contributed by atoms with van der Waals surface area (Å²) in [6.45, 7) is 0.969. The number of likely N-dealkylation sites (tertiary alicyclic amines) is 1. The summed E-state index contributed by atoms with van der Waals surface area (Å²) in [6, 6.07) is 6.63. The molecule has 0 saturated carbocycles. The number of aromatic nitrogens is 2. The molecule has 3 heterocycles. The van der Waals surface area contributed by atoms with Gasteiger partial charge in [0.25, 0.3) is 17.7 Å².